The first-order valence-electron chi connectivity index (χ1n) is 9.24. The summed E-state index contributed by atoms with van der Waals surface area (Å²) in [6, 6.07) is 0.753. The lowest BCUT2D eigenvalue weighted by Gasteiger charge is -2.30. The van der Waals surface area contributed by atoms with Gasteiger partial charge in [0.1, 0.15) is 5.60 Å². The molecule has 0 unspecified atom stereocenters. The lowest BCUT2D eigenvalue weighted by atomic mass is 9.94. The Balaban J connectivity index is 1.56. The minimum Gasteiger partial charge on any atom is -0.440 e. The average molecular weight is 346 g/mol. The van der Waals surface area contributed by atoms with Gasteiger partial charge < -0.3 is 9.47 Å². The molecule has 3 aliphatic rings. The Morgan fingerprint density at radius 3 is 2.84 bits per heavy atom. The summed E-state index contributed by atoms with van der Waals surface area (Å²) in [4.78, 5) is 25.7. The monoisotopic (exact) mass is 346 g/mol. The third-order valence-electron chi connectivity index (χ3n) is 5.59. The highest BCUT2D eigenvalue weighted by molar-refractivity contribution is 5.89. The molecule has 7 nitrogen and oxygen atoms in total. The Hall–Kier alpha value is -1.73. The summed E-state index contributed by atoms with van der Waals surface area (Å²) in [7, 11) is 0. The Kier molecular flexibility index (Phi) is 4.37. The molecule has 0 aromatic carbocycles. The Bertz CT molecular complexity index is 645. The number of anilines is 1. The van der Waals surface area contributed by atoms with E-state index in [1.807, 2.05) is 6.20 Å². The summed E-state index contributed by atoms with van der Waals surface area (Å²) in [6.45, 7) is 7.32. The van der Waals surface area contributed by atoms with Crippen LogP contribution in [0.2, 0.25) is 0 Å². The van der Waals surface area contributed by atoms with Crippen LogP contribution in [0, 0.1) is 0 Å². The molecule has 1 spiro atoms. The second-order valence-corrected chi connectivity index (χ2v) is 7.54. The van der Waals surface area contributed by atoms with Crippen molar-refractivity contribution in [3.8, 4) is 0 Å². The second kappa shape index (κ2) is 6.53. The quantitative estimate of drug-likeness (QED) is 0.838. The molecule has 4 rings (SSSR count). The third-order valence-corrected chi connectivity index (χ3v) is 5.59. The van der Waals surface area contributed by atoms with Gasteiger partial charge in [-0.2, -0.15) is 0 Å². The van der Waals surface area contributed by atoms with E-state index in [0.29, 0.717) is 31.6 Å². The van der Waals surface area contributed by atoms with Crippen molar-refractivity contribution >= 4 is 11.9 Å². The molecule has 0 N–H and O–H groups in total. The van der Waals surface area contributed by atoms with E-state index in [-0.39, 0.29) is 12.1 Å². The standard InChI is InChI=1S/C18H26N4O3/c1-13(2)21-7-3-4-15(21)14-10-19-11-16(20-14)22-12-18(25-17(22)23)5-8-24-9-6-18/h10-11,13,15H,3-9,12H2,1-2H3/t15-/m1/s1. The number of rotatable bonds is 3. The summed E-state index contributed by atoms with van der Waals surface area (Å²) in [5.41, 5.74) is 0.522. The molecule has 7 heteroatoms. The molecule has 4 heterocycles. The van der Waals surface area contributed by atoms with Crippen LogP contribution in [-0.2, 0) is 9.47 Å². The molecule has 136 valence electrons. The van der Waals surface area contributed by atoms with Crippen LogP contribution >= 0.6 is 0 Å². The summed E-state index contributed by atoms with van der Waals surface area (Å²) < 4.78 is 11.1. The number of aromatic nitrogens is 2. The fraction of sp³-hybridized carbons (Fsp3) is 0.722. The first-order chi connectivity index (χ1) is 12.1. The molecular formula is C18H26N4O3. The van der Waals surface area contributed by atoms with Crippen LogP contribution in [0.5, 0.6) is 0 Å². The van der Waals surface area contributed by atoms with Gasteiger partial charge in [-0.3, -0.25) is 14.8 Å². The predicted molar refractivity (Wildman–Crippen MR) is 92.5 cm³/mol. The van der Waals surface area contributed by atoms with E-state index in [4.69, 9.17) is 14.5 Å². The van der Waals surface area contributed by atoms with Crippen molar-refractivity contribution in [2.45, 2.75) is 57.2 Å². The zero-order valence-electron chi connectivity index (χ0n) is 15.0. The van der Waals surface area contributed by atoms with E-state index in [1.54, 1.807) is 11.1 Å². The van der Waals surface area contributed by atoms with Crippen molar-refractivity contribution in [1.82, 2.24) is 14.9 Å². The molecule has 1 aromatic heterocycles. The minimum absolute atomic E-state index is 0.281. The van der Waals surface area contributed by atoms with Gasteiger partial charge >= 0.3 is 6.09 Å². The molecule has 3 saturated heterocycles. The topological polar surface area (TPSA) is 67.8 Å². The summed E-state index contributed by atoms with van der Waals surface area (Å²) >= 11 is 0. The molecule has 1 amide bonds. The van der Waals surface area contributed by atoms with Crippen molar-refractivity contribution in [3.63, 3.8) is 0 Å². The number of nitrogens with zero attached hydrogens (tertiary/aromatic N) is 4. The molecule has 0 saturated carbocycles. The molecule has 1 aromatic rings. The zero-order chi connectivity index (χ0) is 17.4. The number of hydrogen-bond donors (Lipinski definition) is 0. The maximum absolute atomic E-state index is 12.4. The van der Waals surface area contributed by atoms with Gasteiger partial charge in [0.15, 0.2) is 5.82 Å². The van der Waals surface area contributed by atoms with Crippen LogP contribution < -0.4 is 4.90 Å². The van der Waals surface area contributed by atoms with Gasteiger partial charge in [0.2, 0.25) is 0 Å². The lowest BCUT2D eigenvalue weighted by molar-refractivity contribution is -0.0431. The van der Waals surface area contributed by atoms with Gasteiger partial charge in [-0.05, 0) is 33.2 Å². The third kappa shape index (κ3) is 3.11. The highest BCUT2D eigenvalue weighted by Gasteiger charge is 2.47. The number of amides is 1. The molecule has 25 heavy (non-hydrogen) atoms. The van der Waals surface area contributed by atoms with Crippen molar-refractivity contribution in [2.75, 3.05) is 31.2 Å². The average Bonchev–Trinajstić information content (AvgIpc) is 3.21. The van der Waals surface area contributed by atoms with Crippen molar-refractivity contribution in [3.05, 3.63) is 18.1 Å². The van der Waals surface area contributed by atoms with Crippen molar-refractivity contribution in [1.29, 1.82) is 0 Å². The van der Waals surface area contributed by atoms with Crippen LogP contribution in [-0.4, -0.2) is 58.9 Å². The first kappa shape index (κ1) is 16.7. The first-order valence-corrected chi connectivity index (χ1v) is 9.24. The summed E-state index contributed by atoms with van der Waals surface area (Å²) in [6.07, 6.45) is 6.92. The van der Waals surface area contributed by atoms with Crippen LogP contribution in [0.25, 0.3) is 0 Å². The van der Waals surface area contributed by atoms with Crippen LogP contribution in [0.1, 0.15) is 51.3 Å². The number of ether oxygens (including phenoxy) is 2. The fourth-order valence-electron chi connectivity index (χ4n) is 4.19. The number of carbonyl (C=O) groups is 1. The second-order valence-electron chi connectivity index (χ2n) is 7.54. The van der Waals surface area contributed by atoms with E-state index in [1.165, 1.54) is 6.42 Å². The van der Waals surface area contributed by atoms with Crippen LogP contribution in [0.3, 0.4) is 0 Å². The maximum Gasteiger partial charge on any atom is 0.416 e. The SMILES string of the molecule is CC(C)N1CCC[C@@H]1c1cncc(N2CC3(CCOCC3)OC2=O)n1. The van der Waals surface area contributed by atoms with E-state index >= 15 is 0 Å². The van der Waals surface area contributed by atoms with Gasteiger partial charge in [-0.1, -0.05) is 0 Å². The highest BCUT2D eigenvalue weighted by atomic mass is 16.6. The molecule has 0 radical (unpaired) electrons. The number of carbonyl (C=O) groups excluding carboxylic acids is 1. The van der Waals surface area contributed by atoms with Crippen molar-refractivity contribution < 1.29 is 14.3 Å². The normalized spacial score (nSPS) is 26.6. The van der Waals surface area contributed by atoms with E-state index in [0.717, 1.165) is 31.5 Å². The smallest absolute Gasteiger partial charge is 0.416 e. The van der Waals surface area contributed by atoms with E-state index in [9.17, 15) is 4.79 Å². The molecular weight excluding hydrogens is 320 g/mol. The lowest BCUT2D eigenvalue weighted by Crippen LogP contribution is -2.40. The van der Waals surface area contributed by atoms with Crippen molar-refractivity contribution in [2.24, 2.45) is 0 Å². The number of hydrogen-bond acceptors (Lipinski definition) is 6. The summed E-state index contributed by atoms with van der Waals surface area (Å²) in [5.74, 6) is 0.599. The Morgan fingerprint density at radius 1 is 1.28 bits per heavy atom. The van der Waals surface area contributed by atoms with E-state index in [2.05, 4.69) is 23.7 Å². The zero-order valence-corrected chi connectivity index (χ0v) is 15.0. The largest absolute Gasteiger partial charge is 0.440 e. The molecule has 1 atom stereocenters. The molecule has 3 aliphatic heterocycles. The maximum atomic E-state index is 12.4. The fourth-order valence-corrected chi connectivity index (χ4v) is 4.19. The minimum atomic E-state index is -0.426. The molecule has 0 aliphatic carbocycles. The predicted octanol–water partition coefficient (Wildman–Crippen LogP) is 2.53. The number of likely N-dealkylation sites (tertiary alicyclic amines) is 1. The van der Waals surface area contributed by atoms with Gasteiger partial charge in [-0.25, -0.2) is 9.78 Å². The van der Waals surface area contributed by atoms with Gasteiger partial charge in [0.25, 0.3) is 0 Å². The Labute approximate surface area is 148 Å². The summed E-state index contributed by atoms with van der Waals surface area (Å²) in [5, 5.41) is 0. The van der Waals surface area contributed by atoms with Gasteiger partial charge in [-0.15, -0.1) is 0 Å². The van der Waals surface area contributed by atoms with Crippen LogP contribution in [0.4, 0.5) is 10.6 Å². The van der Waals surface area contributed by atoms with Crippen LogP contribution in [0.15, 0.2) is 12.4 Å². The van der Waals surface area contributed by atoms with Gasteiger partial charge in [0.05, 0.1) is 43.9 Å². The highest BCUT2D eigenvalue weighted by Crippen LogP contribution is 2.36. The van der Waals surface area contributed by atoms with E-state index < -0.39 is 5.60 Å². The Morgan fingerprint density at radius 2 is 2.08 bits per heavy atom. The molecule has 0 bridgehead atoms. The molecule has 3 fully saturated rings. The van der Waals surface area contributed by atoms with Gasteiger partial charge in [0, 0.05) is 18.9 Å².